The van der Waals surface area contributed by atoms with Crippen molar-refractivity contribution in [3.05, 3.63) is 64.9 Å². The summed E-state index contributed by atoms with van der Waals surface area (Å²) in [6.45, 7) is 0.833. The van der Waals surface area contributed by atoms with Crippen molar-refractivity contribution in [2.45, 2.75) is 38.1 Å². The zero-order valence-electron chi connectivity index (χ0n) is 14.6. The van der Waals surface area contributed by atoms with Crippen LogP contribution in [0.3, 0.4) is 0 Å². The van der Waals surface area contributed by atoms with Crippen LogP contribution < -0.4 is 0 Å². The predicted molar refractivity (Wildman–Crippen MR) is 103 cm³/mol. The van der Waals surface area contributed by atoms with Crippen LogP contribution in [0.2, 0.25) is 0 Å². The third kappa shape index (κ3) is 3.55. The van der Waals surface area contributed by atoms with Crippen LogP contribution in [0.1, 0.15) is 40.9 Å². The molecule has 134 valence electrons. The Hall–Kier alpha value is -2.47. The summed E-state index contributed by atoms with van der Waals surface area (Å²) in [5.41, 5.74) is 1.48. The molecule has 6 heteroatoms. The smallest absolute Gasteiger partial charge is 0.256 e. The largest absolute Gasteiger partial charge is 0.336 e. The molecule has 0 radical (unpaired) electrons. The standard InChI is InChI=1S/C20H22N4OS/c25-20(18-8-1-2-9-19(18)24-15-21-14-22-24)23-12-4-3-6-16(23)10-11-17-7-5-13-26-17/h1-2,5,7-9,13-16H,3-4,6,10-12H2/t16-/m0/s1. The molecule has 0 unspecified atom stereocenters. The number of hydrogen-bond acceptors (Lipinski definition) is 4. The normalized spacial score (nSPS) is 17.4. The number of benzene rings is 1. The Kier molecular flexibility index (Phi) is 5.11. The maximum Gasteiger partial charge on any atom is 0.256 e. The summed E-state index contributed by atoms with van der Waals surface area (Å²) in [6, 6.07) is 12.2. The maximum atomic E-state index is 13.4. The molecule has 26 heavy (non-hydrogen) atoms. The topological polar surface area (TPSA) is 51.0 Å². The number of aryl methyl sites for hydroxylation is 1. The van der Waals surface area contributed by atoms with Crippen LogP contribution in [0.4, 0.5) is 0 Å². The summed E-state index contributed by atoms with van der Waals surface area (Å²) in [5.74, 6) is 0.104. The molecule has 2 aromatic heterocycles. The molecular weight excluding hydrogens is 344 g/mol. The van der Waals surface area contributed by atoms with E-state index in [1.165, 1.54) is 17.6 Å². The zero-order chi connectivity index (χ0) is 17.8. The molecule has 4 rings (SSSR count). The Morgan fingerprint density at radius 1 is 1.19 bits per heavy atom. The number of carbonyl (C=O) groups excluding carboxylic acids is 1. The number of rotatable bonds is 5. The van der Waals surface area contributed by atoms with Crippen LogP contribution in [-0.2, 0) is 6.42 Å². The fourth-order valence-electron chi connectivity index (χ4n) is 3.67. The molecule has 0 bridgehead atoms. The van der Waals surface area contributed by atoms with Gasteiger partial charge in [0, 0.05) is 17.5 Å². The van der Waals surface area contributed by atoms with Crippen molar-refractivity contribution in [1.29, 1.82) is 0 Å². The van der Waals surface area contributed by atoms with Crippen molar-refractivity contribution in [2.75, 3.05) is 6.54 Å². The Morgan fingerprint density at radius 2 is 2.12 bits per heavy atom. The molecule has 1 aromatic carbocycles. The number of aromatic nitrogens is 3. The first-order valence-electron chi connectivity index (χ1n) is 9.10. The highest BCUT2D eigenvalue weighted by Gasteiger charge is 2.28. The predicted octanol–water partition coefficient (Wildman–Crippen LogP) is 3.96. The number of nitrogens with zero attached hydrogens (tertiary/aromatic N) is 4. The number of para-hydroxylation sites is 1. The van der Waals surface area contributed by atoms with E-state index in [1.54, 1.807) is 22.3 Å². The first kappa shape index (κ1) is 17.0. The van der Waals surface area contributed by atoms with E-state index in [0.29, 0.717) is 11.6 Å². The van der Waals surface area contributed by atoms with Crippen LogP contribution in [0.5, 0.6) is 0 Å². The summed E-state index contributed by atoms with van der Waals surface area (Å²) in [6.07, 6.45) is 8.55. The summed E-state index contributed by atoms with van der Waals surface area (Å²) in [5, 5.41) is 6.32. The molecule has 1 amide bonds. The van der Waals surface area contributed by atoms with Crippen molar-refractivity contribution in [2.24, 2.45) is 0 Å². The van der Waals surface area contributed by atoms with E-state index in [1.807, 2.05) is 24.3 Å². The highest BCUT2D eigenvalue weighted by atomic mass is 32.1. The van der Waals surface area contributed by atoms with Gasteiger partial charge in [-0.15, -0.1) is 11.3 Å². The van der Waals surface area contributed by atoms with Crippen molar-refractivity contribution in [3.63, 3.8) is 0 Å². The molecule has 1 saturated heterocycles. The molecule has 5 nitrogen and oxygen atoms in total. The van der Waals surface area contributed by atoms with Gasteiger partial charge in [0.15, 0.2) is 0 Å². The van der Waals surface area contributed by atoms with E-state index < -0.39 is 0 Å². The number of thiophene rings is 1. The van der Waals surface area contributed by atoms with Gasteiger partial charge in [-0.2, -0.15) is 5.10 Å². The van der Waals surface area contributed by atoms with Crippen LogP contribution in [0.15, 0.2) is 54.4 Å². The van der Waals surface area contributed by atoms with E-state index >= 15 is 0 Å². The Balaban J connectivity index is 1.56. The molecule has 3 aromatic rings. The lowest BCUT2D eigenvalue weighted by Gasteiger charge is -2.36. The second-order valence-corrected chi connectivity index (χ2v) is 7.66. The second-order valence-electron chi connectivity index (χ2n) is 6.62. The van der Waals surface area contributed by atoms with Crippen molar-refractivity contribution in [1.82, 2.24) is 19.7 Å². The quantitative estimate of drug-likeness (QED) is 0.687. The molecule has 3 heterocycles. The van der Waals surface area contributed by atoms with Gasteiger partial charge in [0.25, 0.3) is 5.91 Å². The Bertz CT molecular complexity index is 845. The third-order valence-corrected chi connectivity index (χ3v) is 5.93. The highest BCUT2D eigenvalue weighted by molar-refractivity contribution is 7.09. The summed E-state index contributed by atoms with van der Waals surface area (Å²) < 4.78 is 1.66. The zero-order valence-corrected chi connectivity index (χ0v) is 15.4. The van der Waals surface area contributed by atoms with Crippen LogP contribution in [-0.4, -0.2) is 38.2 Å². The minimum atomic E-state index is 0.104. The van der Waals surface area contributed by atoms with E-state index in [-0.39, 0.29) is 5.91 Å². The van der Waals surface area contributed by atoms with Crippen LogP contribution >= 0.6 is 11.3 Å². The molecule has 1 atom stereocenters. The van der Waals surface area contributed by atoms with Gasteiger partial charge in [0.1, 0.15) is 12.7 Å². The van der Waals surface area contributed by atoms with Gasteiger partial charge in [-0.25, -0.2) is 9.67 Å². The van der Waals surface area contributed by atoms with Gasteiger partial charge in [0.2, 0.25) is 0 Å². The number of carbonyl (C=O) groups is 1. The van der Waals surface area contributed by atoms with Crippen molar-refractivity contribution >= 4 is 17.2 Å². The Labute approximate surface area is 157 Å². The lowest BCUT2D eigenvalue weighted by atomic mass is 9.96. The number of hydrogen-bond donors (Lipinski definition) is 0. The molecule has 1 aliphatic rings. The number of likely N-dealkylation sites (tertiary alicyclic amines) is 1. The minimum absolute atomic E-state index is 0.104. The number of piperidine rings is 1. The van der Waals surface area contributed by atoms with Gasteiger partial charge in [-0.1, -0.05) is 18.2 Å². The van der Waals surface area contributed by atoms with Crippen molar-refractivity contribution < 1.29 is 4.79 Å². The monoisotopic (exact) mass is 366 g/mol. The van der Waals surface area contributed by atoms with E-state index in [2.05, 4.69) is 32.5 Å². The molecule has 0 aliphatic carbocycles. The SMILES string of the molecule is O=C(c1ccccc1-n1cncn1)N1CCCC[C@H]1CCc1cccs1. The molecule has 0 spiro atoms. The second kappa shape index (κ2) is 7.83. The number of amides is 1. The van der Waals surface area contributed by atoms with Gasteiger partial charge >= 0.3 is 0 Å². The Morgan fingerprint density at radius 3 is 2.92 bits per heavy atom. The van der Waals surface area contributed by atoms with Gasteiger partial charge < -0.3 is 4.90 Å². The maximum absolute atomic E-state index is 13.4. The van der Waals surface area contributed by atoms with Gasteiger partial charge in [-0.3, -0.25) is 4.79 Å². The van der Waals surface area contributed by atoms with Crippen LogP contribution in [0, 0.1) is 0 Å². The van der Waals surface area contributed by atoms with Crippen molar-refractivity contribution in [3.8, 4) is 5.69 Å². The average Bonchev–Trinajstić information content (AvgIpc) is 3.40. The summed E-state index contributed by atoms with van der Waals surface area (Å²) >= 11 is 1.80. The fraction of sp³-hybridized carbons (Fsp3) is 0.350. The van der Waals surface area contributed by atoms with Gasteiger partial charge in [0.05, 0.1) is 11.3 Å². The third-order valence-electron chi connectivity index (χ3n) is 4.99. The molecule has 0 N–H and O–H groups in total. The van der Waals surface area contributed by atoms with E-state index in [0.717, 1.165) is 37.9 Å². The van der Waals surface area contributed by atoms with E-state index in [9.17, 15) is 4.79 Å². The molecule has 0 saturated carbocycles. The molecular formula is C20H22N4OS. The van der Waals surface area contributed by atoms with E-state index in [4.69, 9.17) is 0 Å². The average molecular weight is 366 g/mol. The first-order valence-corrected chi connectivity index (χ1v) is 9.98. The molecule has 1 fully saturated rings. The van der Waals surface area contributed by atoms with Crippen LogP contribution in [0.25, 0.3) is 5.69 Å². The summed E-state index contributed by atoms with van der Waals surface area (Å²) in [7, 11) is 0. The fourth-order valence-corrected chi connectivity index (χ4v) is 4.40. The molecule has 1 aliphatic heterocycles. The minimum Gasteiger partial charge on any atom is -0.336 e. The lowest BCUT2D eigenvalue weighted by molar-refractivity contribution is 0.0602. The summed E-state index contributed by atoms with van der Waals surface area (Å²) in [4.78, 5) is 20.8. The highest BCUT2D eigenvalue weighted by Crippen LogP contribution is 2.26. The van der Waals surface area contributed by atoms with Gasteiger partial charge in [-0.05, 0) is 55.7 Å². The first-order chi connectivity index (χ1) is 12.8. The lowest BCUT2D eigenvalue weighted by Crippen LogP contribution is -2.44.